The summed E-state index contributed by atoms with van der Waals surface area (Å²) >= 11 is 1.40. The van der Waals surface area contributed by atoms with Crippen molar-refractivity contribution in [2.75, 3.05) is 6.54 Å². The molecule has 0 aliphatic carbocycles. The highest BCUT2D eigenvalue weighted by Gasteiger charge is 2.70. The number of likely N-dealkylation sites (tertiary alicyclic amines) is 2. The van der Waals surface area contributed by atoms with E-state index in [-0.39, 0.29) is 13.0 Å². The van der Waals surface area contributed by atoms with E-state index in [1.54, 1.807) is 19.1 Å². The molecule has 0 radical (unpaired) electrons. The number of fused-ring (bicyclic) bond motifs is 1. The highest BCUT2D eigenvalue weighted by molar-refractivity contribution is 7.10. The number of hydrogen-bond acceptors (Lipinski definition) is 5. The summed E-state index contributed by atoms with van der Waals surface area (Å²) in [4.78, 5) is 55.5. The first-order chi connectivity index (χ1) is 15.3. The van der Waals surface area contributed by atoms with Crippen LogP contribution in [0.2, 0.25) is 0 Å². The molecule has 2 fully saturated rings. The lowest BCUT2D eigenvalue weighted by Crippen LogP contribution is -2.59. The Balaban J connectivity index is 1.82. The lowest BCUT2D eigenvalue weighted by molar-refractivity contribution is -0.161. The molecule has 0 bridgehead atoms. The van der Waals surface area contributed by atoms with E-state index in [0.717, 1.165) is 15.3 Å². The summed E-state index contributed by atoms with van der Waals surface area (Å²) in [6.45, 7) is 3.24. The minimum absolute atomic E-state index is 0.00945. The molecule has 1 aromatic heterocycles. The molecule has 3 amide bonds. The smallest absolute Gasteiger partial charge is 0.330 e. The van der Waals surface area contributed by atoms with Crippen molar-refractivity contribution in [2.45, 2.75) is 31.8 Å². The molecule has 4 unspecified atom stereocenters. The molecular weight excluding hydrogens is 428 g/mol. The quantitative estimate of drug-likeness (QED) is 0.680. The van der Waals surface area contributed by atoms with Gasteiger partial charge in [-0.3, -0.25) is 19.3 Å². The summed E-state index contributed by atoms with van der Waals surface area (Å²) in [5.74, 6) is -4.73. The molecule has 7 nitrogen and oxygen atoms in total. The van der Waals surface area contributed by atoms with Gasteiger partial charge >= 0.3 is 5.97 Å². The van der Waals surface area contributed by atoms with E-state index in [4.69, 9.17) is 0 Å². The lowest BCUT2D eigenvalue weighted by atomic mass is 9.81. The summed E-state index contributed by atoms with van der Waals surface area (Å²) in [6.07, 6.45) is 3.47. The number of rotatable bonds is 6. The summed E-state index contributed by atoms with van der Waals surface area (Å²) in [5.41, 5.74) is -0.982. The predicted molar refractivity (Wildman–Crippen MR) is 120 cm³/mol. The Kier molecular flexibility index (Phi) is 5.73. The molecular formula is C24H24N2O5S. The number of thiophene rings is 1. The zero-order valence-electron chi connectivity index (χ0n) is 17.8. The van der Waals surface area contributed by atoms with E-state index in [9.17, 15) is 24.3 Å². The molecule has 2 saturated heterocycles. The highest BCUT2D eigenvalue weighted by Crippen LogP contribution is 2.49. The van der Waals surface area contributed by atoms with Crippen LogP contribution in [0.4, 0.5) is 0 Å². The number of hydrogen-bond donors (Lipinski definition) is 1. The molecule has 3 heterocycles. The van der Waals surface area contributed by atoms with Gasteiger partial charge in [0.15, 0.2) is 5.54 Å². The summed E-state index contributed by atoms with van der Waals surface area (Å²) in [7, 11) is 0. The second-order valence-corrected chi connectivity index (χ2v) is 9.19. The highest BCUT2D eigenvalue weighted by atomic mass is 32.1. The molecule has 32 heavy (non-hydrogen) atoms. The molecule has 4 rings (SSSR count). The zero-order valence-corrected chi connectivity index (χ0v) is 18.6. The number of carboxylic acid groups (broad SMARTS) is 1. The van der Waals surface area contributed by atoms with E-state index in [1.165, 1.54) is 23.2 Å². The van der Waals surface area contributed by atoms with Crippen molar-refractivity contribution in [1.82, 2.24) is 9.80 Å². The number of nitrogens with zero attached hydrogens (tertiary/aromatic N) is 2. The number of carbonyl (C=O) groups is 4. The molecule has 2 aliphatic rings. The van der Waals surface area contributed by atoms with Gasteiger partial charge in [-0.15, -0.1) is 11.3 Å². The number of imide groups is 1. The Morgan fingerprint density at radius 2 is 1.84 bits per heavy atom. The zero-order chi connectivity index (χ0) is 23.0. The van der Waals surface area contributed by atoms with Crippen molar-refractivity contribution >= 4 is 41.1 Å². The first-order valence-corrected chi connectivity index (χ1v) is 11.3. The maximum absolute atomic E-state index is 13.4. The molecule has 2 aliphatic heterocycles. The lowest BCUT2D eigenvalue weighted by Gasteiger charge is -2.37. The van der Waals surface area contributed by atoms with Gasteiger partial charge in [0, 0.05) is 11.4 Å². The molecule has 1 N–H and O–H groups in total. The number of carbonyl (C=O) groups excluding carboxylic acids is 3. The Hall–Kier alpha value is -3.26. The van der Waals surface area contributed by atoms with Crippen LogP contribution in [0.3, 0.4) is 0 Å². The van der Waals surface area contributed by atoms with Crippen molar-refractivity contribution < 1.29 is 24.3 Å². The topological polar surface area (TPSA) is 95.0 Å². The van der Waals surface area contributed by atoms with Crippen LogP contribution in [-0.2, 0) is 25.6 Å². The molecule has 1 aromatic carbocycles. The molecule has 8 heteroatoms. The normalized spacial score (nSPS) is 27.4. The predicted octanol–water partition coefficient (Wildman–Crippen LogP) is 2.68. The number of benzene rings is 1. The molecule has 2 aromatic rings. The van der Waals surface area contributed by atoms with Gasteiger partial charge in [0.25, 0.3) is 0 Å². The van der Waals surface area contributed by atoms with E-state index < -0.39 is 47.1 Å². The molecule has 0 saturated carbocycles. The van der Waals surface area contributed by atoms with Gasteiger partial charge in [0.2, 0.25) is 17.7 Å². The second-order valence-electron chi connectivity index (χ2n) is 8.16. The van der Waals surface area contributed by atoms with Crippen molar-refractivity contribution in [3.05, 3.63) is 64.4 Å². The molecule has 4 atom stereocenters. The van der Waals surface area contributed by atoms with E-state index in [0.29, 0.717) is 0 Å². The van der Waals surface area contributed by atoms with Gasteiger partial charge in [0.1, 0.15) is 0 Å². The van der Waals surface area contributed by atoms with Crippen LogP contribution >= 0.6 is 11.3 Å². The standard InChI is InChI=1S/C24H24N2O5S/c1-3-25-21(28)19-17(12-11-15-8-5-4-6-9-15)26(18(27)14-16-10-7-13-32-16)24(2,23(30)31)20(19)22(25)29/h4-13,17,19-20H,3,14H2,1-2H3,(H,30,31). The fraction of sp³-hybridized carbons (Fsp3) is 0.333. The maximum Gasteiger partial charge on any atom is 0.330 e. The minimum Gasteiger partial charge on any atom is -0.479 e. The average molecular weight is 453 g/mol. The van der Waals surface area contributed by atoms with Crippen LogP contribution in [0.15, 0.2) is 53.9 Å². The second kappa shape index (κ2) is 8.35. The fourth-order valence-corrected chi connectivity index (χ4v) is 5.60. The van der Waals surface area contributed by atoms with Gasteiger partial charge in [-0.25, -0.2) is 4.79 Å². The number of aliphatic carboxylic acids is 1. The molecule has 0 spiro atoms. The fourth-order valence-electron chi connectivity index (χ4n) is 4.91. The number of carboxylic acids is 1. The van der Waals surface area contributed by atoms with Crippen molar-refractivity contribution in [1.29, 1.82) is 0 Å². The number of amides is 3. The third-order valence-electron chi connectivity index (χ3n) is 6.42. The van der Waals surface area contributed by atoms with Gasteiger partial charge < -0.3 is 10.0 Å². The largest absolute Gasteiger partial charge is 0.479 e. The minimum atomic E-state index is -1.83. The summed E-state index contributed by atoms with van der Waals surface area (Å²) in [6, 6.07) is 12.1. The van der Waals surface area contributed by atoms with Crippen molar-refractivity contribution in [3.63, 3.8) is 0 Å². The van der Waals surface area contributed by atoms with Crippen LogP contribution in [0.5, 0.6) is 0 Å². The third kappa shape index (κ3) is 3.35. The molecule has 166 valence electrons. The van der Waals surface area contributed by atoms with Crippen LogP contribution < -0.4 is 0 Å². The first kappa shape index (κ1) is 22.0. The van der Waals surface area contributed by atoms with Gasteiger partial charge in [-0.2, -0.15) is 0 Å². The van der Waals surface area contributed by atoms with E-state index in [2.05, 4.69) is 0 Å². The SMILES string of the molecule is CCN1C(=O)C2C(C=Cc3ccccc3)N(C(=O)Cc3cccs3)C(C)(C(=O)O)C2C1=O. The maximum atomic E-state index is 13.4. The van der Waals surface area contributed by atoms with Gasteiger partial charge in [-0.1, -0.05) is 48.6 Å². The van der Waals surface area contributed by atoms with Crippen molar-refractivity contribution in [2.24, 2.45) is 11.8 Å². The van der Waals surface area contributed by atoms with Gasteiger partial charge in [0.05, 0.1) is 24.3 Å². The van der Waals surface area contributed by atoms with E-state index >= 15 is 0 Å². The Labute approximate surface area is 189 Å². The Bertz CT molecular complexity index is 1080. The van der Waals surface area contributed by atoms with Crippen LogP contribution in [0.25, 0.3) is 6.08 Å². The Morgan fingerprint density at radius 3 is 2.44 bits per heavy atom. The average Bonchev–Trinajstić information content (AvgIpc) is 3.43. The van der Waals surface area contributed by atoms with Crippen molar-refractivity contribution in [3.8, 4) is 0 Å². The van der Waals surface area contributed by atoms with Crippen LogP contribution in [-0.4, -0.2) is 56.7 Å². The third-order valence-corrected chi connectivity index (χ3v) is 7.30. The first-order valence-electron chi connectivity index (χ1n) is 10.5. The van der Waals surface area contributed by atoms with Gasteiger partial charge in [-0.05, 0) is 30.9 Å². The summed E-state index contributed by atoms with van der Waals surface area (Å²) in [5, 5.41) is 12.1. The van der Waals surface area contributed by atoms with Crippen LogP contribution in [0.1, 0.15) is 24.3 Å². The monoisotopic (exact) mass is 452 g/mol. The Morgan fingerprint density at radius 1 is 1.12 bits per heavy atom. The van der Waals surface area contributed by atoms with Crippen LogP contribution in [0, 0.1) is 11.8 Å². The summed E-state index contributed by atoms with van der Waals surface area (Å²) < 4.78 is 0. The van der Waals surface area contributed by atoms with E-state index in [1.807, 2.05) is 47.8 Å².